The maximum Gasteiger partial charge on any atom is 0.195 e. The quantitative estimate of drug-likeness (QED) is 0.734. The summed E-state index contributed by atoms with van der Waals surface area (Å²) < 4.78 is 2.11. The number of hydrogen-bond donors (Lipinski definition) is 0. The second kappa shape index (κ2) is 6.78. The summed E-state index contributed by atoms with van der Waals surface area (Å²) in [5, 5.41) is 2.05. The Hall–Kier alpha value is -0.780. The summed E-state index contributed by atoms with van der Waals surface area (Å²) in [6.45, 7) is 7.46. The summed E-state index contributed by atoms with van der Waals surface area (Å²) in [4.78, 5) is 10.4. The van der Waals surface area contributed by atoms with Gasteiger partial charge in [0.15, 0.2) is 10.8 Å². The van der Waals surface area contributed by atoms with E-state index in [1.807, 2.05) is 6.20 Å². The number of thiazole rings is 1. The van der Waals surface area contributed by atoms with Crippen LogP contribution < -0.4 is 4.90 Å². The van der Waals surface area contributed by atoms with Crippen LogP contribution in [0.4, 0.5) is 5.82 Å². The van der Waals surface area contributed by atoms with E-state index >= 15 is 0 Å². The average Bonchev–Trinajstić information content (AvgIpc) is 2.93. The van der Waals surface area contributed by atoms with Gasteiger partial charge >= 0.3 is 0 Å². The van der Waals surface area contributed by atoms with E-state index in [0.29, 0.717) is 11.8 Å². The van der Waals surface area contributed by atoms with Gasteiger partial charge in [-0.1, -0.05) is 13.8 Å². The molecule has 0 spiro atoms. The third-order valence-electron chi connectivity index (χ3n) is 3.17. The fourth-order valence-electron chi connectivity index (χ4n) is 2.24. The Kier molecular flexibility index (Phi) is 5.29. The average molecular weight is 315 g/mol. The first-order valence-corrected chi connectivity index (χ1v) is 8.34. The lowest BCUT2D eigenvalue weighted by Gasteiger charge is -2.27. The number of aromatic nitrogens is 2. The van der Waals surface area contributed by atoms with Crippen molar-refractivity contribution in [1.82, 2.24) is 14.3 Å². The lowest BCUT2D eigenvalue weighted by atomic mass is 10.2. The van der Waals surface area contributed by atoms with Crippen LogP contribution in [0.3, 0.4) is 0 Å². The van der Waals surface area contributed by atoms with Gasteiger partial charge in [0.2, 0.25) is 0 Å². The van der Waals surface area contributed by atoms with E-state index in [4.69, 9.17) is 16.6 Å². The molecule has 0 N–H and O–H groups in total. The number of hydrogen-bond acceptors (Lipinski definition) is 4. The molecule has 4 nitrogen and oxygen atoms in total. The summed E-state index contributed by atoms with van der Waals surface area (Å²) in [7, 11) is 4.20. The Morgan fingerprint density at radius 2 is 2.10 bits per heavy atom. The molecule has 2 aromatic rings. The van der Waals surface area contributed by atoms with Crippen LogP contribution in [-0.2, 0) is 5.88 Å². The zero-order valence-electron chi connectivity index (χ0n) is 12.6. The number of fused-ring (bicyclic) bond motifs is 1. The minimum Gasteiger partial charge on any atom is -0.353 e. The van der Waals surface area contributed by atoms with Gasteiger partial charge in [0.05, 0.1) is 11.6 Å². The van der Waals surface area contributed by atoms with Crippen LogP contribution in [0.25, 0.3) is 4.96 Å². The van der Waals surface area contributed by atoms with Crippen molar-refractivity contribution in [2.24, 2.45) is 5.92 Å². The highest BCUT2D eigenvalue weighted by Crippen LogP contribution is 2.26. The first-order valence-electron chi connectivity index (χ1n) is 6.93. The lowest BCUT2D eigenvalue weighted by Crippen LogP contribution is -2.35. The number of likely N-dealkylation sites (N-methyl/N-ethyl adjacent to an activating group) is 1. The van der Waals surface area contributed by atoms with Gasteiger partial charge in [-0.25, -0.2) is 4.98 Å². The molecule has 0 unspecified atom stereocenters. The second-order valence-corrected chi connectivity index (χ2v) is 6.85. The maximum absolute atomic E-state index is 6.16. The van der Waals surface area contributed by atoms with Gasteiger partial charge in [0.25, 0.3) is 0 Å². The minimum atomic E-state index is 0.490. The minimum absolute atomic E-state index is 0.490. The molecule has 0 bridgehead atoms. The fourth-order valence-corrected chi connectivity index (χ4v) is 3.22. The molecule has 0 amide bonds. The molecule has 0 atom stereocenters. The van der Waals surface area contributed by atoms with Crippen molar-refractivity contribution in [1.29, 1.82) is 0 Å². The smallest absolute Gasteiger partial charge is 0.195 e. The van der Waals surface area contributed by atoms with Gasteiger partial charge in [-0.3, -0.25) is 4.40 Å². The standard InChI is InChI=1S/C14H23ClN4S/c1-11(2)10-18(6-5-17(3)4)13-12(9-15)19-7-8-20-14(19)16-13/h7-8,11H,5-6,9-10H2,1-4H3. The highest BCUT2D eigenvalue weighted by atomic mass is 35.5. The van der Waals surface area contributed by atoms with E-state index in [1.54, 1.807) is 11.3 Å². The number of alkyl halides is 1. The van der Waals surface area contributed by atoms with Crippen molar-refractivity contribution in [3.05, 3.63) is 17.3 Å². The van der Waals surface area contributed by atoms with Crippen LogP contribution in [0, 0.1) is 5.92 Å². The largest absolute Gasteiger partial charge is 0.353 e. The third-order valence-corrected chi connectivity index (χ3v) is 4.18. The van der Waals surface area contributed by atoms with Crippen molar-refractivity contribution in [3.63, 3.8) is 0 Å². The monoisotopic (exact) mass is 314 g/mol. The van der Waals surface area contributed by atoms with E-state index < -0.39 is 0 Å². The van der Waals surface area contributed by atoms with Crippen LogP contribution in [-0.4, -0.2) is 48.0 Å². The zero-order valence-corrected chi connectivity index (χ0v) is 14.2. The van der Waals surface area contributed by atoms with E-state index in [2.05, 4.69) is 47.5 Å². The molecule has 0 aliphatic carbocycles. The first-order chi connectivity index (χ1) is 9.52. The fraction of sp³-hybridized carbons (Fsp3) is 0.643. The first kappa shape index (κ1) is 15.6. The molecule has 0 saturated carbocycles. The number of halogens is 1. The molecule has 2 aromatic heterocycles. The van der Waals surface area contributed by atoms with Crippen molar-refractivity contribution < 1.29 is 0 Å². The van der Waals surface area contributed by atoms with E-state index in [0.717, 1.165) is 36.1 Å². The van der Waals surface area contributed by atoms with Crippen molar-refractivity contribution >= 4 is 33.7 Å². The summed E-state index contributed by atoms with van der Waals surface area (Å²) >= 11 is 7.81. The van der Waals surface area contributed by atoms with Crippen molar-refractivity contribution in [2.75, 3.05) is 38.6 Å². The van der Waals surface area contributed by atoms with Gasteiger partial charge in [0.1, 0.15) is 0 Å². The molecule has 2 heterocycles. The number of rotatable bonds is 7. The molecule has 0 aromatic carbocycles. The number of anilines is 1. The lowest BCUT2D eigenvalue weighted by molar-refractivity contribution is 0.408. The second-order valence-electron chi connectivity index (χ2n) is 5.71. The maximum atomic E-state index is 6.16. The van der Waals surface area contributed by atoms with Gasteiger partial charge < -0.3 is 9.80 Å². The molecule has 0 aliphatic rings. The Labute approximate surface area is 130 Å². The molecule has 0 saturated heterocycles. The summed E-state index contributed by atoms with van der Waals surface area (Å²) in [6, 6.07) is 0. The molecule has 112 valence electrons. The zero-order chi connectivity index (χ0) is 14.7. The predicted octanol–water partition coefficient (Wildman–Crippen LogP) is 3.16. The molecule has 0 aliphatic heterocycles. The molecule has 20 heavy (non-hydrogen) atoms. The van der Waals surface area contributed by atoms with Crippen LogP contribution in [0.15, 0.2) is 11.6 Å². The highest BCUT2D eigenvalue weighted by molar-refractivity contribution is 7.15. The van der Waals surface area contributed by atoms with Gasteiger partial charge in [0, 0.05) is 31.2 Å². The Morgan fingerprint density at radius 3 is 2.70 bits per heavy atom. The van der Waals surface area contributed by atoms with E-state index in [-0.39, 0.29) is 0 Å². The topological polar surface area (TPSA) is 23.8 Å². The van der Waals surface area contributed by atoms with E-state index in [9.17, 15) is 0 Å². The highest BCUT2D eigenvalue weighted by Gasteiger charge is 2.19. The predicted molar refractivity (Wildman–Crippen MR) is 88.2 cm³/mol. The van der Waals surface area contributed by atoms with Crippen LogP contribution in [0.1, 0.15) is 19.5 Å². The summed E-state index contributed by atoms with van der Waals surface area (Å²) in [6.07, 6.45) is 2.05. The third kappa shape index (κ3) is 3.45. The Balaban J connectivity index is 2.30. The van der Waals surface area contributed by atoms with Crippen LogP contribution in [0.2, 0.25) is 0 Å². The summed E-state index contributed by atoms with van der Waals surface area (Å²) in [5.74, 6) is 2.13. The number of imidazole rings is 1. The van der Waals surface area contributed by atoms with Gasteiger partial charge in [-0.15, -0.1) is 22.9 Å². The van der Waals surface area contributed by atoms with Crippen LogP contribution >= 0.6 is 22.9 Å². The van der Waals surface area contributed by atoms with Gasteiger partial charge in [-0.05, 0) is 20.0 Å². The van der Waals surface area contributed by atoms with Crippen molar-refractivity contribution in [2.45, 2.75) is 19.7 Å². The van der Waals surface area contributed by atoms with E-state index in [1.165, 1.54) is 0 Å². The molecule has 0 radical (unpaired) electrons. The Morgan fingerprint density at radius 1 is 1.35 bits per heavy atom. The van der Waals surface area contributed by atoms with Crippen LogP contribution in [0.5, 0.6) is 0 Å². The van der Waals surface area contributed by atoms with Crippen molar-refractivity contribution in [3.8, 4) is 0 Å². The molecular weight excluding hydrogens is 292 g/mol. The number of nitrogens with zero attached hydrogens (tertiary/aromatic N) is 4. The SMILES string of the molecule is CC(C)CN(CCN(C)C)c1nc2sccn2c1CCl. The molecular formula is C14H23ClN4S. The van der Waals surface area contributed by atoms with Gasteiger partial charge in [-0.2, -0.15) is 0 Å². The molecule has 2 rings (SSSR count). The molecule has 6 heteroatoms. The summed E-state index contributed by atoms with van der Waals surface area (Å²) in [5.41, 5.74) is 1.10. The Bertz CT molecular complexity index is 546. The normalized spacial score (nSPS) is 11.9. The molecule has 0 fully saturated rings.